The number of aromatic nitrogens is 4. The lowest BCUT2D eigenvalue weighted by molar-refractivity contribution is -0.133. The van der Waals surface area contributed by atoms with Gasteiger partial charge < -0.3 is 19.8 Å². The molecule has 7 nitrogen and oxygen atoms in total. The van der Waals surface area contributed by atoms with E-state index in [1.165, 1.54) is 5.56 Å². The third-order valence-corrected chi connectivity index (χ3v) is 4.75. The average Bonchev–Trinajstić information content (AvgIpc) is 3.31. The van der Waals surface area contributed by atoms with Crippen molar-refractivity contribution in [2.45, 2.75) is 25.6 Å². The largest absolute Gasteiger partial charge is 0.348 e. The summed E-state index contributed by atoms with van der Waals surface area (Å²) in [7, 11) is 1.81. The number of hydrogen-bond acceptors (Lipinski definition) is 4. The fraction of sp³-hybridized carbons (Fsp3) is 0.316. The van der Waals surface area contributed by atoms with E-state index in [-0.39, 0.29) is 5.91 Å². The van der Waals surface area contributed by atoms with E-state index in [2.05, 4.69) is 37.0 Å². The minimum Gasteiger partial charge on any atom is -0.348 e. The number of H-pyrrole nitrogens is 1. The number of carbonyl (C=O) groups is 1. The first-order valence-electron chi connectivity index (χ1n) is 8.77. The van der Waals surface area contributed by atoms with Crippen molar-refractivity contribution >= 4 is 5.91 Å². The summed E-state index contributed by atoms with van der Waals surface area (Å²) in [5.41, 5.74) is 3.05. The number of benzene rings is 1. The minimum atomic E-state index is -0.396. The average molecular weight is 350 g/mol. The first-order valence-corrected chi connectivity index (χ1v) is 8.77. The molecule has 0 saturated heterocycles. The van der Waals surface area contributed by atoms with Gasteiger partial charge in [-0.1, -0.05) is 30.3 Å². The van der Waals surface area contributed by atoms with E-state index in [0.717, 1.165) is 36.7 Å². The lowest BCUT2D eigenvalue weighted by Crippen LogP contribution is -2.42. The predicted molar refractivity (Wildman–Crippen MR) is 97.3 cm³/mol. The molecule has 0 aliphatic carbocycles. The van der Waals surface area contributed by atoms with Crippen LogP contribution in [0.5, 0.6) is 0 Å². The molecular weight excluding hydrogens is 328 g/mol. The van der Waals surface area contributed by atoms with E-state index in [1.54, 1.807) is 17.4 Å². The van der Waals surface area contributed by atoms with Crippen molar-refractivity contribution in [1.82, 2.24) is 29.7 Å². The molecular formula is C19H22N6O. The first-order chi connectivity index (χ1) is 12.7. The Hall–Kier alpha value is -2.93. The fourth-order valence-corrected chi connectivity index (χ4v) is 3.35. The highest BCUT2D eigenvalue weighted by molar-refractivity contribution is 5.83. The van der Waals surface area contributed by atoms with Gasteiger partial charge in [0.2, 0.25) is 5.91 Å². The molecule has 0 saturated carbocycles. The molecule has 26 heavy (non-hydrogen) atoms. The highest BCUT2D eigenvalue weighted by atomic mass is 16.2. The van der Waals surface area contributed by atoms with Gasteiger partial charge in [0.25, 0.3) is 0 Å². The molecule has 3 heterocycles. The summed E-state index contributed by atoms with van der Waals surface area (Å²) in [6.07, 6.45) is 6.25. The first kappa shape index (κ1) is 16.5. The van der Waals surface area contributed by atoms with E-state index >= 15 is 0 Å². The summed E-state index contributed by atoms with van der Waals surface area (Å²) in [5.74, 6) is 0.870. The normalized spacial score (nSPS) is 16.3. The Labute approximate surface area is 152 Å². The summed E-state index contributed by atoms with van der Waals surface area (Å²) < 4.78 is 2.08. The van der Waals surface area contributed by atoms with Crippen molar-refractivity contribution < 1.29 is 4.79 Å². The highest BCUT2D eigenvalue weighted by Gasteiger charge is 2.30. The summed E-state index contributed by atoms with van der Waals surface area (Å²) in [6, 6.07) is 9.83. The van der Waals surface area contributed by atoms with Crippen molar-refractivity contribution in [3.8, 4) is 0 Å². The molecule has 0 spiro atoms. The van der Waals surface area contributed by atoms with Crippen LogP contribution in [0.3, 0.4) is 0 Å². The molecule has 7 heteroatoms. The van der Waals surface area contributed by atoms with Crippen LogP contribution >= 0.6 is 0 Å². The predicted octanol–water partition coefficient (Wildman–Crippen LogP) is 1.50. The van der Waals surface area contributed by atoms with E-state index in [4.69, 9.17) is 0 Å². The molecule has 2 N–H and O–H groups in total. The summed E-state index contributed by atoms with van der Waals surface area (Å²) >= 11 is 0. The maximum absolute atomic E-state index is 12.9. The van der Waals surface area contributed by atoms with Crippen LogP contribution in [0.25, 0.3) is 0 Å². The van der Waals surface area contributed by atoms with E-state index in [0.29, 0.717) is 6.54 Å². The molecule has 1 aliphatic heterocycles. The Kier molecular flexibility index (Phi) is 4.53. The second kappa shape index (κ2) is 7.13. The smallest absolute Gasteiger partial charge is 0.246 e. The Balaban J connectivity index is 1.47. The van der Waals surface area contributed by atoms with Gasteiger partial charge in [-0.2, -0.15) is 0 Å². The Morgan fingerprint density at radius 1 is 1.31 bits per heavy atom. The quantitative estimate of drug-likeness (QED) is 0.731. The highest BCUT2D eigenvalue weighted by Crippen LogP contribution is 2.21. The van der Waals surface area contributed by atoms with Crippen LogP contribution in [0.1, 0.15) is 28.8 Å². The van der Waals surface area contributed by atoms with E-state index < -0.39 is 6.04 Å². The molecule has 0 fully saturated rings. The fourth-order valence-electron chi connectivity index (χ4n) is 3.35. The third kappa shape index (κ3) is 3.25. The summed E-state index contributed by atoms with van der Waals surface area (Å²) in [6.45, 7) is 1.96. The molecule has 1 aliphatic rings. The zero-order chi connectivity index (χ0) is 17.9. The topological polar surface area (TPSA) is 78.8 Å². The van der Waals surface area contributed by atoms with Crippen molar-refractivity contribution in [3.63, 3.8) is 0 Å². The molecule has 1 aromatic carbocycles. The summed E-state index contributed by atoms with van der Waals surface area (Å²) in [4.78, 5) is 26.5. The van der Waals surface area contributed by atoms with Gasteiger partial charge in [-0.25, -0.2) is 9.97 Å². The summed E-state index contributed by atoms with van der Waals surface area (Å²) in [5, 5.41) is 3.28. The SMILES string of the molecule is CN(Cc1nccn1Cc1ccccc1)C(=O)[C@@H]1NCCc2[nH]cnc21. The van der Waals surface area contributed by atoms with Gasteiger partial charge >= 0.3 is 0 Å². The number of nitrogens with one attached hydrogen (secondary N) is 2. The zero-order valence-corrected chi connectivity index (χ0v) is 14.7. The molecule has 1 atom stereocenters. The van der Waals surface area contributed by atoms with Crippen LogP contribution < -0.4 is 5.32 Å². The van der Waals surface area contributed by atoms with E-state index in [1.807, 2.05) is 31.4 Å². The number of likely N-dealkylation sites (N-methyl/N-ethyl adjacent to an activating group) is 1. The van der Waals surface area contributed by atoms with Crippen LogP contribution in [-0.2, 0) is 24.3 Å². The number of rotatable bonds is 5. The molecule has 0 bridgehead atoms. The maximum atomic E-state index is 12.9. The molecule has 1 amide bonds. The number of aromatic amines is 1. The lowest BCUT2D eigenvalue weighted by Gasteiger charge is -2.27. The number of nitrogens with zero attached hydrogens (tertiary/aromatic N) is 4. The maximum Gasteiger partial charge on any atom is 0.246 e. The zero-order valence-electron chi connectivity index (χ0n) is 14.7. The molecule has 3 aromatic rings. The Morgan fingerprint density at radius 3 is 3.00 bits per heavy atom. The van der Waals surface area contributed by atoms with Crippen molar-refractivity contribution in [2.24, 2.45) is 0 Å². The Morgan fingerprint density at radius 2 is 2.15 bits per heavy atom. The minimum absolute atomic E-state index is 0.00677. The number of amides is 1. The lowest BCUT2D eigenvalue weighted by atomic mass is 10.0. The number of imidazole rings is 2. The van der Waals surface area contributed by atoms with Gasteiger partial charge in [0.1, 0.15) is 11.9 Å². The van der Waals surface area contributed by atoms with Gasteiger partial charge in [-0.15, -0.1) is 0 Å². The third-order valence-electron chi connectivity index (χ3n) is 4.75. The van der Waals surface area contributed by atoms with Crippen molar-refractivity contribution in [2.75, 3.05) is 13.6 Å². The second-order valence-corrected chi connectivity index (χ2v) is 6.55. The van der Waals surface area contributed by atoms with Gasteiger partial charge in [-0.3, -0.25) is 4.79 Å². The number of hydrogen-bond donors (Lipinski definition) is 2. The van der Waals surface area contributed by atoms with Gasteiger partial charge in [0.15, 0.2) is 0 Å². The number of fused-ring (bicyclic) bond motifs is 1. The van der Waals surface area contributed by atoms with Crippen molar-refractivity contribution in [3.05, 3.63) is 71.8 Å². The van der Waals surface area contributed by atoms with Crippen LogP contribution in [0, 0.1) is 0 Å². The van der Waals surface area contributed by atoms with Crippen LogP contribution in [0.4, 0.5) is 0 Å². The molecule has 0 unspecified atom stereocenters. The Bertz CT molecular complexity index is 884. The van der Waals surface area contributed by atoms with Crippen molar-refractivity contribution in [1.29, 1.82) is 0 Å². The van der Waals surface area contributed by atoms with Crippen LogP contribution in [0.15, 0.2) is 49.1 Å². The molecule has 4 rings (SSSR count). The van der Waals surface area contributed by atoms with Gasteiger partial charge in [0.05, 0.1) is 18.6 Å². The van der Waals surface area contributed by atoms with Gasteiger partial charge in [-0.05, 0) is 5.56 Å². The standard InChI is InChI=1S/C19H22N6O/c1-24(19(26)18-17-15(7-8-21-18)22-13-23-17)12-16-20-9-10-25(16)11-14-5-3-2-4-6-14/h2-6,9-10,13,18,21H,7-8,11-12H2,1H3,(H,22,23)/t18-/m1/s1. The second-order valence-electron chi connectivity index (χ2n) is 6.55. The monoisotopic (exact) mass is 350 g/mol. The number of carbonyl (C=O) groups excluding carboxylic acids is 1. The molecule has 0 radical (unpaired) electrons. The molecule has 2 aromatic heterocycles. The van der Waals surface area contributed by atoms with Crippen LogP contribution in [0.2, 0.25) is 0 Å². The van der Waals surface area contributed by atoms with E-state index in [9.17, 15) is 4.79 Å². The van der Waals surface area contributed by atoms with Crippen LogP contribution in [-0.4, -0.2) is 43.9 Å². The molecule has 134 valence electrons. The van der Waals surface area contributed by atoms with Gasteiger partial charge in [0, 0.05) is 44.6 Å².